The first-order valence-corrected chi connectivity index (χ1v) is 28.5. The third-order valence-electron chi connectivity index (χ3n) is 5.61. The van der Waals surface area contributed by atoms with E-state index in [-0.39, 0.29) is 22.2 Å². The molecule has 35 heavy (non-hydrogen) atoms. The van der Waals surface area contributed by atoms with Crippen LogP contribution in [0, 0.1) is 0 Å². The summed E-state index contributed by atoms with van der Waals surface area (Å²) in [6, 6.07) is 0. The quantitative estimate of drug-likeness (QED) is 0.188. The van der Waals surface area contributed by atoms with Crippen molar-refractivity contribution in [2.45, 2.75) is 157 Å². The molecule has 11 heteroatoms. The third kappa shape index (κ3) is 9.75. The number of hydrogen-bond acceptors (Lipinski definition) is 4. The zero-order valence-electron chi connectivity index (χ0n) is 26.6. The fraction of sp³-hybridized carbons (Fsp3) is 1.00. The normalized spacial score (nSPS) is 23.5. The van der Waals surface area contributed by atoms with Crippen molar-refractivity contribution >= 4 is 73.8 Å². The van der Waals surface area contributed by atoms with Gasteiger partial charge in [0, 0.05) is 0 Å². The molecule has 0 saturated carbocycles. The fourth-order valence-electron chi connectivity index (χ4n) is 5.60. The van der Waals surface area contributed by atoms with Crippen molar-refractivity contribution in [3.05, 3.63) is 0 Å². The minimum atomic E-state index is -1.66. The van der Waals surface area contributed by atoms with E-state index in [0.717, 1.165) is 0 Å². The second-order valence-corrected chi connectivity index (χ2v) is 38.7. The van der Waals surface area contributed by atoms with Gasteiger partial charge in [-0.15, -0.1) is 9.24 Å². The molecule has 2 rings (SSSR count). The first-order chi connectivity index (χ1) is 14.8. The van der Waals surface area contributed by atoms with Crippen molar-refractivity contribution in [1.29, 1.82) is 0 Å². The van der Waals surface area contributed by atoms with Gasteiger partial charge in [-0.25, -0.2) is 0 Å². The number of rotatable bonds is 0. The van der Waals surface area contributed by atoms with Gasteiger partial charge in [-0.2, -0.15) is 0 Å². The van der Waals surface area contributed by atoms with E-state index in [1.54, 1.807) is 0 Å². The Labute approximate surface area is 243 Å². The van der Waals surface area contributed by atoms with Gasteiger partial charge in [0.25, 0.3) is 0 Å². The standard InChI is InChI=1S/2C10H24ClGeN2Si.C4H11P/c2*1-9(2,3)13-12(11)14(10(4,5)6)15(13,7)8;1-4(2,3)5/h2*1-8H3;5H2,1-3H3. The van der Waals surface area contributed by atoms with Gasteiger partial charge in [0.05, 0.1) is 0 Å². The Kier molecular flexibility index (Phi) is 12.5. The molecule has 0 spiro atoms. The third-order valence-corrected chi connectivity index (χ3v) is 46.0. The Bertz CT molecular complexity index is 601. The van der Waals surface area contributed by atoms with Crippen LogP contribution in [0.5, 0.6) is 0 Å². The van der Waals surface area contributed by atoms with Crippen molar-refractivity contribution < 1.29 is 0 Å². The summed E-state index contributed by atoms with van der Waals surface area (Å²) in [5.74, 6) is 0. The van der Waals surface area contributed by atoms with Crippen LogP contribution in [0.4, 0.5) is 0 Å². The van der Waals surface area contributed by atoms with E-state index in [0.29, 0.717) is 5.16 Å². The topological polar surface area (TPSA) is 13.0 Å². The van der Waals surface area contributed by atoms with Crippen LogP contribution in [0.25, 0.3) is 0 Å². The number of hydrogen-bond donors (Lipinski definition) is 0. The summed E-state index contributed by atoms with van der Waals surface area (Å²) in [5, 5.41) is 0.417. The molecular formula is C24H59Cl2Ge2N4PSi2. The first kappa shape index (κ1) is 37.4. The molecular weight excluding hydrogens is 648 g/mol. The average Bonchev–Trinajstić information content (AvgIpc) is 2.35. The molecule has 0 aliphatic carbocycles. The molecule has 0 aromatic heterocycles. The molecule has 2 fully saturated rings. The second-order valence-electron chi connectivity index (χ2n) is 15.9. The van der Waals surface area contributed by atoms with E-state index in [4.69, 9.17) is 20.0 Å². The van der Waals surface area contributed by atoms with Crippen LogP contribution >= 0.6 is 29.3 Å². The molecule has 0 bridgehead atoms. The summed E-state index contributed by atoms with van der Waals surface area (Å²) >= 11 is -3.32. The van der Waals surface area contributed by atoms with Crippen LogP contribution in [0.1, 0.15) is 104 Å². The maximum atomic E-state index is 6.69. The monoisotopic (exact) mass is 708 g/mol. The molecule has 2 saturated heterocycles. The Balaban J connectivity index is 0.000000555. The van der Waals surface area contributed by atoms with Crippen LogP contribution in [0.3, 0.4) is 0 Å². The van der Waals surface area contributed by atoms with Gasteiger partial charge in [0.15, 0.2) is 0 Å². The van der Waals surface area contributed by atoms with E-state index < -0.39 is 44.5 Å². The van der Waals surface area contributed by atoms with Gasteiger partial charge >= 0.3 is 210 Å². The van der Waals surface area contributed by atoms with Crippen LogP contribution in [-0.2, 0) is 0 Å². The van der Waals surface area contributed by atoms with Crippen LogP contribution < -0.4 is 0 Å². The van der Waals surface area contributed by atoms with Crippen molar-refractivity contribution in [1.82, 2.24) is 14.1 Å². The van der Waals surface area contributed by atoms with Crippen molar-refractivity contribution in [3.8, 4) is 0 Å². The van der Waals surface area contributed by atoms with Crippen LogP contribution in [-0.4, -0.2) is 85.9 Å². The summed E-state index contributed by atoms with van der Waals surface area (Å²) in [6.45, 7) is 43.6. The average molecular weight is 707 g/mol. The number of nitrogens with zero attached hydrogens (tertiary/aromatic N) is 4. The predicted octanol–water partition coefficient (Wildman–Crippen LogP) is 7.91. The SMILES string of the molecule is CC(C)(C)P.CC(C)(C)[N]1[Ge]([Cl])[N](C(C)(C)C)[Si]1(C)C.CC(C)(C)[N]1[Ge]([Cl])[N](C(C)(C)C)[Si]1(C)C. The zero-order chi connectivity index (χ0) is 29.0. The molecule has 210 valence electrons. The Morgan fingerprint density at radius 3 is 0.629 bits per heavy atom. The molecule has 1 unspecified atom stereocenters. The molecule has 0 aromatic rings. The van der Waals surface area contributed by atoms with Gasteiger partial charge in [0.2, 0.25) is 0 Å². The number of halogens is 2. The Hall–Kier alpha value is 2.37. The van der Waals surface area contributed by atoms with Gasteiger partial charge in [-0.1, -0.05) is 20.8 Å². The summed E-state index contributed by atoms with van der Waals surface area (Å²) in [5.41, 5.74) is 0.978. The van der Waals surface area contributed by atoms with E-state index in [2.05, 4.69) is 153 Å². The first-order valence-electron chi connectivity index (χ1n) is 12.8. The molecule has 1 atom stereocenters. The van der Waals surface area contributed by atoms with E-state index in [1.807, 2.05) is 0 Å². The van der Waals surface area contributed by atoms with E-state index >= 15 is 0 Å². The van der Waals surface area contributed by atoms with Crippen molar-refractivity contribution in [3.63, 3.8) is 0 Å². The summed E-state index contributed by atoms with van der Waals surface area (Å²) in [6.07, 6.45) is 0. The van der Waals surface area contributed by atoms with Gasteiger partial charge in [-0.05, 0) is 5.16 Å². The Morgan fingerprint density at radius 2 is 0.571 bits per heavy atom. The Morgan fingerprint density at radius 1 is 0.457 bits per heavy atom. The molecule has 0 N–H and O–H groups in total. The van der Waals surface area contributed by atoms with Crippen LogP contribution in [0.15, 0.2) is 0 Å². The molecule has 2 aliphatic heterocycles. The predicted molar refractivity (Wildman–Crippen MR) is 174 cm³/mol. The molecule has 2 aliphatic rings. The molecule has 4 nitrogen and oxygen atoms in total. The second kappa shape index (κ2) is 11.7. The van der Waals surface area contributed by atoms with Gasteiger partial charge in [0.1, 0.15) is 0 Å². The van der Waals surface area contributed by atoms with Crippen LogP contribution in [0.2, 0.25) is 26.2 Å². The minimum absolute atomic E-state index is 0.245. The van der Waals surface area contributed by atoms with Crippen molar-refractivity contribution in [2.75, 3.05) is 0 Å². The van der Waals surface area contributed by atoms with E-state index in [1.165, 1.54) is 0 Å². The molecule has 2 radical (unpaired) electrons. The summed E-state index contributed by atoms with van der Waals surface area (Å²) in [4.78, 5) is 0. The van der Waals surface area contributed by atoms with Crippen molar-refractivity contribution in [2.24, 2.45) is 0 Å². The fourth-order valence-corrected chi connectivity index (χ4v) is 51.5. The van der Waals surface area contributed by atoms with Gasteiger partial charge < -0.3 is 0 Å². The molecule has 0 amide bonds. The molecule has 2 heterocycles. The summed E-state index contributed by atoms with van der Waals surface area (Å²) < 4.78 is 10.6. The van der Waals surface area contributed by atoms with Gasteiger partial charge in [-0.3, -0.25) is 0 Å². The molecule has 0 aromatic carbocycles. The summed E-state index contributed by atoms with van der Waals surface area (Å²) in [7, 11) is 13.2. The zero-order valence-corrected chi connectivity index (χ0v) is 35.5. The maximum absolute atomic E-state index is 6.69. The van der Waals surface area contributed by atoms with E-state index in [9.17, 15) is 0 Å².